The average Bonchev–Trinajstić information content (AvgIpc) is 2.87. The van der Waals surface area contributed by atoms with Crippen molar-refractivity contribution in [2.24, 2.45) is 0 Å². The zero-order valence-electron chi connectivity index (χ0n) is 11.9. The molecule has 0 fully saturated rings. The Morgan fingerprint density at radius 3 is 2.48 bits per heavy atom. The van der Waals surface area contributed by atoms with Gasteiger partial charge in [0.25, 0.3) is 12.0 Å². The van der Waals surface area contributed by atoms with Gasteiger partial charge in [0.2, 0.25) is 5.65 Å². The first-order valence-corrected chi connectivity index (χ1v) is 7.31. The number of halogens is 6. The van der Waals surface area contributed by atoms with Crippen LogP contribution in [0.2, 0.25) is 0 Å². The quantitative estimate of drug-likeness (QED) is 0.516. The van der Waals surface area contributed by atoms with Crippen molar-refractivity contribution >= 4 is 21.6 Å². The van der Waals surface area contributed by atoms with Crippen LogP contribution in [0.15, 0.2) is 21.5 Å². The molecule has 12 heteroatoms. The summed E-state index contributed by atoms with van der Waals surface area (Å²) in [6, 6.07) is 0.802. The van der Waals surface area contributed by atoms with Crippen molar-refractivity contribution in [3.63, 3.8) is 0 Å². The van der Waals surface area contributed by atoms with Gasteiger partial charge in [-0.15, -0.1) is 5.10 Å². The SMILES string of the molecule is O=c1[nH]c(OCC(F)F)nn2c(-c3cc(F)c(F)c(F)c3)c(Br)nc12. The molecule has 0 aliphatic rings. The van der Waals surface area contributed by atoms with E-state index in [1.807, 2.05) is 0 Å². The van der Waals surface area contributed by atoms with Crippen LogP contribution >= 0.6 is 15.9 Å². The van der Waals surface area contributed by atoms with Crippen molar-refractivity contribution in [3.05, 3.63) is 44.5 Å². The molecular weight excluding hydrogens is 419 g/mol. The molecule has 1 N–H and O–H groups in total. The Hall–Kier alpha value is -2.50. The van der Waals surface area contributed by atoms with Crippen LogP contribution in [0, 0.1) is 17.5 Å². The van der Waals surface area contributed by atoms with Crippen LogP contribution in [0.4, 0.5) is 22.0 Å². The molecule has 0 radical (unpaired) electrons. The highest BCUT2D eigenvalue weighted by Crippen LogP contribution is 2.30. The summed E-state index contributed by atoms with van der Waals surface area (Å²) >= 11 is 3.01. The molecule has 0 atom stereocenters. The Morgan fingerprint density at radius 1 is 1.24 bits per heavy atom. The zero-order chi connectivity index (χ0) is 18.3. The van der Waals surface area contributed by atoms with Crippen LogP contribution in [-0.4, -0.2) is 32.6 Å². The summed E-state index contributed by atoms with van der Waals surface area (Å²) < 4.78 is 70.0. The van der Waals surface area contributed by atoms with Crippen molar-refractivity contribution in [1.82, 2.24) is 19.6 Å². The number of alkyl halides is 2. The van der Waals surface area contributed by atoms with Crippen molar-refractivity contribution in [2.75, 3.05) is 6.61 Å². The van der Waals surface area contributed by atoms with Crippen LogP contribution in [0.1, 0.15) is 0 Å². The van der Waals surface area contributed by atoms with Crippen LogP contribution in [0.25, 0.3) is 16.9 Å². The van der Waals surface area contributed by atoms with Gasteiger partial charge in [-0.2, -0.15) is 0 Å². The third-order valence-electron chi connectivity index (χ3n) is 3.03. The first-order valence-electron chi connectivity index (χ1n) is 6.52. The van der Waals surface area contributed by atoms with Gasteiger partial charge in [-0.05, 0) is 28.1 Å². The highest BCUT2D eigenvalue weighted by molar-refractivity contribution is 9.10. The zero-order valence-corrected chi connectivity index (χ0v) is 13.5. The monoisotopic (exact) mass is 424 g/mol. The number of rotatable bonds is 4. The molecule has 132 valence electrons. The number of nitrogens with zero attached hydrogens (tertiary/aromatic N) is 3. The van der Waals surface area contributed by atoms with Gasteiger partial charge in [0, 0.05) is 5.56 Å². The number of H-pyrrole nitrogens is 1. The molecule has 2 heterocycles. The normalized spacial score (nSPS) is 11.5. The van der Waals surface area contributed by atoms with Crippen LogP contribution in [-0.2, 0) is 0 Å². The maximum Gasteiger partial charge on any atom is 0.314 e. The van der Waals surface area contributed by atoms with Crippen molar-refractivity contribution in [2.45, 2.75) is 6.43 Å². The molecule has 3 aromatic rings. The number of hydrogen-bond donors (Lipinski definition) is 1. The van der Waals surface area contributed by atoms with E-state index in [4.69, 9.17) is 0 Å². The Bertz CT molecular complexity index is 997. The molecule has 25 heavy (non-hydrogen) atoms. The van der Waals surface area contributed by atoms with Gasteiger partial charge in [0.1, 0.15) is 10.3 Å². The van der Waals surface area contributed by atoms with Crippen LogP contribution in [0.5, 0.6) is 6.01 Å². The number of nitrogens with one attached hydrogen (secondary N) is 1. The summed E-state index contributed by atoms with van der Waals surface area (Å²) in [5.74, 6) is -4.59. The topological polar surface area (TPSA) is 72.3 Å². The maximum atomic E-state index is 13.5. The lowest BCUT2D eigenvalue weighted by atomic mass is 10.1. The molecule has 3 rings (SSSR count). The van der Waals surface area contributed by atoms with E-state index in [-0.39, 0.29) is 21.5 Å². The predicted molar refractivity (Wildman–Crippen MR) is 78.1 cm³/mol. The van der Waals surface area contributed by atoms with Crippen LogP contribution in [0.3, 0.4) is 0 Å². The lowest BCUT2D eigenvalue weighted by molar-refractivity contribution is 0.0761. The van der Waals surface area contributed by atoms with Gasteiger partial charge in [0.15, 0.2) is 24.1 Å². The number of imidazole rings is 1. The molecule has 0 saturated heterocycles. The van der Waals surface area contributed by atoms with E-state index in [2.05, 4.69) is 35.7 Å². The highest BCUT2D eigenvalue weighted by Gasteiger charge is 2.21. The lowest BCUT2D eigenvalue weighted by Crippen LogP contribution is -2.18. The van der Waals surface area contributed by atoms with E-state index in [0.29, 0.717) is 12.1 Å². The summed E-state index contributed by atoms with van der Waals surface area (Å²) in [6.07, 6.45) is -2.81. The van der Waals surface area contributed by atoms with E-state index >= 15 is 0 Å². The van der Waals surface area contributed by atoms with E-state index in [9.17, 15) is 26.7 Å². The number of fused-ring (bicyclic) bond motifs is 1. The first-order chi connectivity index (χ1) is 11.8. The summed E-state index contributed by atoms with van der Waals surface area (Å²) in [7, 11) is 0. The second-order valence-corrected chi connectivity index (χ2v) is 5.45. The smallest absolute Gasteiger partial charge is 0.314 e. The van der Waals surface area contributed by atoms with Crippen molar-refractivity contribution in [1.29, 1.82) is 0 Å². The largest absolute Gasteiger partial charge is 0.458 e. The Morgan fingerprint density at radius 2 is 1.88 bits per heavy atom. The fourth-order valence-electron chi connectivity index (χ4n) is 2.04. The Balaban J connectivity index is 2.21. The summed E-state index contributed by atoms with van der Waals surface area (Å²) in [5, 5.41) is 3.76. The lowest BCUT2D eigenvalue weighted by Gasteiger charge is -2.06. The van der Waals surface area contributed by atoms with E-state index in [1.165, 1.54) is 0 Å². The minimum absolute atomic E-state index is 0.0260. The maximum absolute atomic E-state index is 13.5. The molecule has 0 aliphatic carbocycles. The van der Waals surface area contributed by atoms with Gasteiger partial charge in [0.05, 0.1) is 0 Å². The summed E-state index contributed by atoms with van der Waals surface area (Å²) in [5.41, 5.74) is -1.42. The second-order valence-electron chi connectivity index (χ2n) is 4.70. The van der Waals surface area contributed by atoms with Gasteiger partial charge in [-0.3, -0.25) is 9.78 Å². The summed E-state index contributed by atoms with van der Waals surface area (Å²) in [4.78, 5) is 17.9. The van der Waals surface area contributed by atoms with Gasteiger partial charge < -0.3 is 4.74 Å². The fourth-order valence-corrected chi connectivity index (χ4v) is 2.61. The average molecular weight is 425 g/mol. The number of aromatic amines is 1. The number of aromatic nitrogens is 4. The number of benzene rings is 1. The standard InChI is InChI=1S/C13H6BrF5N4O2/c14-10-9(4-1-5(15)8(19)6(16)2-4)23-11(20-10)12(24)21-13(22-23)25-3-7(17)18/h1-2,7H,3H2,(H,21,22,24). The predicted octanol–water partition coefficient (Wildman–Crippen LogP) is 2.91. The Labute approximate surface area is 143 Å². The minimum atomic E-state index is -2.81. The third-order valence-corrected chi connectivity index (χ3v) is 3.58. The molecule has 6 nitrogen and oxygen atoms in total. The molecule has 0 saturated carbocycles. The molecule has 0 spiro atoms. The molecule has 0 bridgehead atoms. The molecule has 1 aromatic carbocycles. The van der Waals surface area contributed by atoms with Gasteiger partial charge >= 0.3 is 6.01 Å². The van der Waals surface area contributed by atoms with Crippen molar-refractivity contribution in [3.8, 4) is 17.3 Å². The number of hydrogen-bond acceptors (Lipinski definition) is 4. The minimum Gasteiger partial charge on any atom is -0.458 e. The Kier molecular flexibility index (Phi) is 4.45. The second kappa shape index (κ2) is 6.43. The van der Waals surface area contributed by atoms with Crippen LogP contribution < -0.4 is 10.3 Å². The van der Waals surface area contributed by atoms with E-state index < -0.39 is 42.1 Å². The molecule has 2 aromatic heterocycles. The first kappa shape index (κ1) is 17.3. The summed E-state index contributed by atoms with van der Waals surface area (Å²) in [6.45, 7) is -1.03. The fraction of sp³-hybridized carbons (Fsp3) is 0.154. The molecule has 0 unspecified atom stereocenters. The van der Waals surface area contributed by atoms with E-state index in [0.717, 1.165) is 4.52 Å². The van der Waals surface area contributed by atoms with E-state index in [1.54, 1.807) is 0 Å². The molecule has 0 amide bonds. The van der Waals surface area contributed by atoms with Gasteiger partial charge in [-0.25, -0.2) is 31.5 Å². The molecule has 0 aliphatic heterocycles. The van der Waals surface area contributed by atoms with Gasteiger partial charge in [-0.1, -0.05) is 0 Å². The third kappa shape index (κ3) is 3.21. The highest BCUT2D eigenvalue weighted by atomic mass is 79.9. The van der Waals surface area contributed by atoms with Crippen molar-refractivity contribution < 1.29 is 26.7 Å². The molecular formula is C13H6BrF5N4O2. The number of ether oxygens (including phenoxy) is 1.